The minimum atomic E-state index is -0.330. The van der Waals surface area contributed by atoms with Gasteiger partial charge in [-0.3, -0.25) is 0 Å². The molecule has 2 heterocycles. The molecule has 130 valence electrons. The fourth-order valence-electron chi connectivity index (χ4n) is 2.88. The number of hydrogen-bond acceptors (Lipinski definition) is 5. The number of methoxy groups -OCH3 is 1. The molecule has 5 nitrogen and oxygen atoms in total. The fraction of sp³-hybridized carbons (Fsp3) is 0.263. The quantitative estimate of drug-likeness (QED) is 0.650. The zero-order chi connectivity index (χ0) is 18.0. The highest BCUT2D eigenvalue weighted by Gasteiger charge is 2.21. The zero-order valence-electron chi connectivity index (χ0n) is 14.7. The molecule has 0 aliphatic rings. The molecular weight excluding hydrogens is 334 g/mol. The largest absolute Gasteiger partial charge is 0.465 e. The molecule has 1 aromatic carbocycles. The second kappa shape index (κ2) is 7.11. The highest BCUT2D eigenvalue weighted by Crippen LogP contribution is 2.31. The highest BCUT2D eigenvalue weighted by atomic mass is 32.1. The number of esters is 1. The number of benzene rings is 1. The van der Waals surface area contributed by atoms with E-state index < -0.39 is 0 Å². The van der Waals surface area contributed by atoms with Gasteiger partial charge in [-0.1, -0.05) is 30.3 Å². The molecule has 3 aromatic rings. The number of rotatable bonds is 5. The van der Waals surface area contributed by atoms with Crippen LogP contribution in [0.1, 0.15) is 40.1 Å². The summed E-state index contributed by atoms with van der Waals surface area (Å²) in [6.07, 6.45) is 0. The molecule has 0 aliphatic heterocycles. The number of thiazole rings is 1. The lowest BCUT2D eigenvalue weighted by molar-refractivity contribution is 0.0599. The Morgan fingerprint density at radius 3 is 2.68 bits per heavy atom. The van der Waals surface area contributed by atoms with Crippen molar-refractivity contribution in [2.24, 2.45) is 0 Å². The van der Waals surface area contributed by atoms with Crippen LogP contribution in [0.3, 0.4) is 0 Å². The predicted molar refractivity (Wildman–Crippen MR) is 101 cm³/mol. The van der Waals surface area contributed by atoms with Crippen LogP contribution in [0.25, 0.3) is 11.4 Å². The van der Waals surface area contributed by atoms with E-state index in [1.807, 2.05) is 37.4 Å². The van der Waals surface area contributed by atoms with Crippen LogP contribution in [0.15, 0.2) is 35.7 Å². The Balaban J connectivity index is 1.84. The first-order valence-corrected chi connectivity index (χ1v) is 8.94. The molecule has 0 amide bonds. The standard InChI is InChI=1S/C19H21N3O2S/c1-11-16(18(23)24-4)13(3)20-17(11)15-10-25-19(22-15)21-12(2)14-8-6-5-7-9-14/h5-10,12,20H,1-4H3,(H,21,22)/t12-/m0/s1. The van der Waals surface area contributed by atoms with E-state index in [9.17, 15) is 4.79 Å². The Hall–Kier alpha value is -2.60. The van der Waals surface area contributed by atoms with Gasteiger partial charge in [0, 0.05) is 11.1 Å². The van der Waals surface area contributed by atoms with Crippen LogP contribution in [-0.2, 0) is 4.74 Å². The molecule has 25 heavy (non-hydrogen) atoms. The minimum Gasteiger partial charge on any atom is -0.465 e. The lowest BCUT2D eigenvalue weighted by Crippen LogP contribution is -2.06. The number of carbonyl (C=O) groups excluding carboxylic acids is 1. The van der Waals surface area contributed by atoms with E-state index in [-0.39, 0.29) is 12.0 Å². The summed E-state index contributed by atoms with van der Waals surface area (Å²) in [5.74, 6) is -0.330. The van der Waals surface area contributed by atoms with Crippen molar-refractivity contribution < 1.29 is 9.53 Å². The number of aromatic amines is 1. The first-order chi connectivity index (χ1) is 12.0. The number of nitrogens with zero attached hydrogens (tertiary/aromatic N) is 1. The van der Waals surface area contributed by atoms with Crippen molar-refractivity contribution in [3.05, 3.63) is 58.1 Å². The van der Waals surface area contributed by atoms with E-state index in [2.05, 4.69) is 34.3 Å². The van der Waals surface area contributed by atoms with Gasteiger partial charge in [0.15, 0.2) is 5.13 Å². The van der Waals surface area contributed by atoms with Crippen LogP contribution in [0.4, 0.5) is 5.13 Å². The second-order valence-corrected chi connectivity index (χ2v) is 6.79. The second-order valence-electron chi connectivity index (χ2n) is 5.93. The van der Waals surface area contributed by atoms with Gasteiger partial charge in [-0.15, -0.1) is 11.3 Å². The number of hydrogen-bond donors (Lipinski definition) is 2. The van der Waals surface area contributed by atoms with Crippen LogP contribution in [0.5, 0.6) is 0 Å². The number of nitrogens with one attached hydrogen (secondary N) is 2. The molecule has 0 aliphatic carbocycles. The maximum atomic E-state index is 11.9. The predicted octanol–water partition coefficient (Wildman–Crippen LogP) is 4.71. The van der Waals surface area contributed by atoms with Crippen molar-refractivity contribution >= 4 is 22.4 Å². The molecule has 0 radical (unpaired) electrons. The summed E-state index contributed by atoms with van der Waals surface area (Å²) in [7, 11) is 1.39. The van der Waals surface area contributed by atoms with Crippen molar-refractivity contribution in [2.45, 2.75) is 26.8 Å². The Morgan fingerprint density at radius 1 is 1.28 bits per heavy atom. The molecule has 0 saturated carbocycles. The lowest BCUT2D eigenvalue weighted by atomic mass is 10.1. The molecular formula is C19H21N3O2S. The summed E-state index contributed by atoms with van der Waals surface area (Å²) in [4.78, 5) is 19.9. The zero-order valence-corrected chi connectivity index (χ0v) is 15.5. The Kier molecular flexibility index (Phi) is 4.90. The number of carbonyl (C=O) groups is 1. The van der Waals surface area contributed by atoms with Gasteiger partial charge in [0.05, 0.1) is 24.4 Å². The van der Waals surface area contributed by atoms with Gasteiger partial charge >= 0.3 is 5.97 Å². The number of aromatic nitrogens is 2. The van der Waals surface area contributed by atoms with Gasteiger partial charge < -0.3 is 15.0 Å². The lowest BCUT2D eigenvalue weighted by Gasteiger charge is -2.12. The number of ether oxygens (including phenoxy) is 1. The SMILES string of the molecule is COC(=O)c1c(C)[nH]c(-c2csc(N[C@@H](C)c3ccccc3)n2)c1C. The molecule has 0 saturated heterocycles. The summed E-state index contributed by atoms with van der Waals surface area (Å²) < 4.78 is 4.86. The van der Waals surface area contributed by atoms with Crippen LogP contribution < -0.4 is 5.32 Å². The Morgan fingerprint density at radius 2 is 2.00 bits per heavy atom. The van der Waals surface area contributed by atoms with Crippen molar-refractivity contribution in [3.63, 3.8) is 0 Å². The van der Waals surface area contributed by atoms with E-state index in [0.717, 1.165) is 27.8 Å². The molecule has 0 bridgehead atoms. The normalized spacial score (nSPS) is 12.0. The number of H-pyrrole nitrogens is 1. The first-order valence-electron chi connectivity index (χ1n) is 8.06. The van der Waals surface area contributed by atoms with Crippen LogP contribution >= 0.6 is 11.3 Å². The fourth-order valence-corrected chi connectivity index (χ4v) is 3.67. The van der Waals surface area contributed by atoms with Gasteiger partial charge in [-0.25, -0.2) is 9.78 Å². The maximum Gasteiger partial charge on any atom is 0.339 e. The summed E-state index contributed by atoms with van der Waals surface area (Å²) in [5.41, 5.74) is 5.12. The van der Waals surface area contributed by atoms with Crippen LogP contribution in [0, 0.1) is 13.8 Å². The summed E-state index contributed by atoms with van der Waals surface area (Å²) >= 11 is 1.55. The van der Waals surface area contributed by atoms with Crippen molar-refractivity contribution in [2.75, 3.05) is 12.4 Å². The van der Waals surface area contributed by atoms with Crippen LogP contribution in [-0.4, -0.2) is 23.0 Å². The molecule has 0 spiro atoms. The topological polar surface area (TPSA) is 67.0 Å². The van der Waals surface area contributed by atoms with E-state index in [4.69, 9.17) is 4.74 Å². The third kappa shape index (κ3) is 3.44. The maximum absolute atomic E-state index is 11.9. The average molecular weight is 355 g/mol. The Labute approximate surface area is 151 Å². The average Bonchev–Trinajstić information content (AvgIpc) is 3.19. The van der Waals surface area contributed by atoms with Crippen molar-refractivity contribution in [3.8, 4) is 11.4 Å². The van der Waals surface area contributed by atoms with E-state index in [0.29, 0.717) is 5.56 Å². The van der Waals surface area contributed by atoms with Gasteiger partial charge in [0.2, 0.25) is 0 Å². The summed E-state index contributed by atoms with van der Waals surface area (Å²) in [6.45, 7) is 5.88. The Bertz CT molecular complexity index is 883. The molecule has 0 fully saturated rings. The minimum absolute atomic E-state index is 0.164. The monoisotopic (exact) mass is 355 g/mol. The molecule has 6 heteroatoms. The molecule has 3 rings (SSSR count). The molecule has 2 aromatic heterocycles. The smallest absolute Gasteiger partial charge is 0.339 e. The summed E-state index contributed by atoms with van der Waals surface area (Å²) in [5, 5.41) is 6.26. The summed E-state index contributed by atoms with van der Waals surface area (Å²) in [6, 6.07) is 10.4. The van der Waals surface area contributed by atoms with E-state index >= 15 is 0 Å². The van der Waals surface area contributed by atoms with Crippen molar-refractivity contribution in [1.82, 2.24) is 9.97 Å². The van der Waals surface area contributed by atoms with Crippen molar-refractivity contribution in [1.29, 1.82) is 0 Å². The van der Waals surface area contributed by atoms with E-state index in [1.165, 1.54) is 12.7 Å². The molecule has 0 unspecified atom stereocenters. The van der Waals surface area contributed by atoms with Gasteiger partial charge in [0.25, 0.3) is 0 Å². The van der Waals surface area contributed by atoms with Gasteiger partial charge in [-0.05, 0) is 31.9 Å². The number of aryl methyl sites for hydroxylation is 1. The molecule has 2 N–H and O–H groups in total. The first kappa shape index (κ1) is 17.2. The third-order valence-electron chi connectivity index (χ3n) is 4.23. The van der Waals surface area contributed by atoms with E-state index in [1.54, 1.807) is 11.3 Å². The highest BCUT2D eigenvalue weighted by molar-refractivity contribution is 7.14. The van der Waals surface area contributed by atoms with Crippen LogP contribution in [0.2, 0.25) is 0 Å². The van der Waals surface area contributed by atoms with Gasteiger partial charge in [0.1, 0.15) is 5.69 Å². The van der Waals surface area contributed by atoms with Gasteiger partial charge in [-0.2, -0.15) is 0 Å². The molecule has 1 atom stereocenters. The number of anilines is 1. The third-order valence-corrected chi connectivity index (χ3v) is 5.00.